The Labute approximate surface area is 107 Å². The molecule has 0 aliphatic heterocycles. The molecule has 1 aromatic rings. The summed E-state index contributed by atoms with van der Waals surface area (Å²) in [6.07, 6.45) is -5.04. The van der Waals surface area contributed by atoms with Crippen LogP contribution in [0.4, 0.5) is 13.2 Å². The summed E-state index contributed by atoms with van der Waals surface area (Å²) in [5, 5.41) is 0. The van der Waals surface area contributed by atoms with Gasteiger partial charge in [0, 0.05) is 0 Å². The van der Waals surface area contributed by atoms with Crippen molar-refractivity contribution >= 4 is 18.8 Å². The predicted octanol–water partition coefficient (Wildman–Crippen LogP) is 2.20. The number of benzene rings is 1. The van der Waals surface area contributed by atoms with Gasteiger partial charge in [0.25, 0.3) is 0 Å². The highest BCUT2D eigenvalue weighted by Crippen LogP contribution is 2.30. The first-order valence-corrected chi connectivity index (χ1v) is 6.72. The summed E-state index contributed by atoms with van der Waals surface area (Å²) in [5.74, 6) is -0.931. The lowest BCUT2D eigenvalue weighted by molar-refractivity contribution is -0.275. The second-order valence-electron chi connectivity index (χ2n) is 2.91. The van der Waals surface area contributed by atoms with Gasteiger partial charge in [-0.3, -0.25) is 0 Å². The van der Waals surface area contributed by atoms with Crippen molar-refractivity contribution in [3.8, 4) is 5.75 Å². The number of hydrogen-bond acceptors (Lipinski definition) is 6. The van der Waals surface area contributed by atoms with Gasteiger partial charge in [-0.25, -0.2) is 4.18 Å². The number of para-hydroxylation sites is 1. The molecule has 19 heavy (non-hydrogen) atoms. The molecule has 0 N–H and O–H groups in total. The van der Waals surface area contributed by atoms with Gasteiger partial charge in [0.1, 0.15) is 4.90 Å². The third-order valence-electron chi connectivity index (χ3n) is 1.67. The monoisotopic (exact) mass is 319 g/mol. The Balaban J connectivity index is 3.02. The van der Waals surface area contributed by atoms with Crippen LogP contribution in [0.25, 0.3) is 0 Å². The van der Waals surface area contributed by atoms with Crippen molar-refractivity contribution in [3.63, 3.8) is 0 Å². The van der Waals surface area contributed by atoms with E-state index < -0.39 is 42.6 Å². The molecule has 106 valence electrons. The zero-order valence-corrected chi connectivity index (χ0v) is 10.8. The van der Waals surface area contributed by atoms with Gasteiger partial charge in [-0.15, -0.1) is 17.7 Å². The highest BCUT2D eigenvalue weighted by molar-refractivity contribution is 7.86. The number of halogens is 3. The van der Waals surface area contributed by atoms with Gasteiger partial charge in [0.15, 0.2) is 5.75 Å². The fraction of sp³-hybridized carbons (Fsp3) is 0.250. The minimum absolute atomic E-state index is 0.815. The van der Waals surface area contributed by atoms with Gasteiger partial charge in [0.05, 0.1) is 0 Å². The third-order valence-corrected chi connectivity index (χ3v) is 3.18. The Kier molecular flexibility index (Phi) is 5.24. The molecular weight excluding hydrogens is 312 g/mol. The molecule has 0 saturated heterocycles. The molecule has 1 rings (SSSR count). The first kappa shape index (κ1) is 15.8. The highest BCUT2D eigenvalue weighted by atomic mass is 32.2. The molecule has 6 nitrogen and oxygen atoms in total. The molecule has 0 amide bonds. The standard InChI is InChI=1S/C8H7F3O6PS/c9-8(10,11)17-6-3-1-2-4-7(6)19(13,14)16-5-15-18-12/h1-4,18H,5H2/q+1. The molecule has 1 atom stereocenters. The topological polar surface area (TPSA) is 78.9 Å². The van der Waals surface area contributed by atoms with Gasteiger partial charge in [-0.05, 0) is 16.7 Å². The highest BCUT2D eigenvalue weighted by Gasteiger charge is 2.34. The quantitative estimate of drug-likeness (QED) is 0.346. The SMILES string of the molecule is O=[PH+]OCOS(=O)(=O)c1ccccc1OC(F)(F)F. The molecule has 0 aromatic heterocycles. The normalized spacial score (nSPS) is 12.6. The molecule has 11 heteroatoms. The average molecular weight is 319 g/mol. The van der Waals surface area contributed by atoms with Crippen molar-refractivity contribution in [2.45, 2.75) is 11.3 Å². The molecule has 0 bridgehead atoms. The zero-order valence-electron chi connectivity index (χ0n) is 9.01. The molecular formula is C8H7F3O6PS+. The average Bonchev–Trinajstić information content (AvgIpc) is 2.27. The summed E-state index contributed by atoms with van der Waals surface area (Å²) in [7, 11) is -5.78. The van der Waals surface area contributed by atoms with Crippen LogP contribution in [0.3, 0.4) is 0 Å². The summed E-state index contributed by atoms with van der Waals surface area (Å²) < 4.78 is 81.3. The van der Waals surface area contributed by atoms with E-state index in [0.717, 1.165) is 18.2 Å². The van der Waals surface area contributed by atoms with Gasteiger partial charge in [0.2, 0.25) is 6.79 Å². The van der Waals surface area contributed by atoms with Crippen LogP contribution < -0.4 is 4.74 Å². The van der Waals surface area contributed by atoms with Crippen molar-refractivity contribution in [2.24, 2.45) is 0 Å². The van der Waals surface area contributed by atoms with Crippen LogP contribution in [0.15, 0.2) is 29.2 Å². The van der Waals surface area contributed by atoms with Crippen LogP contribution in [0.2, 0.25) is 0 Å². The zero-order chi connectivity index (χ0) is 14.5. The van der Waals surface area contributed by atoms with Crippen LogP contribution >= 0.6 is 8.69 Å². The van der Waals surface area contributed by atoms with Crippen LogP contribution in [0.1, 0.15) is 0 Å². The fourth-order valence-corrected chi connectivity index (χ4v) is 2.14. The van der Waals surface area contributed by atoms with Gasteiger partial charge >= 0.3 is 25.2 Å². The Morgan fingerprint density at radius 1 is 1.21 bits per heavy atom. The molecule has 1 aromatic carbocycles. The summed E-state index contributed by atoms with van der Waals surface area (Å²) in [4.78, 5) is -0.815. The van der Waals surface area contributed by atoms with Crippen molar-refractivity contribution in [2.75, 3.05) is 6.79 Å². The number of alkyl halides is 3. The van der Waals surface area contributed by atoms with Crippen molar-refractivity contribution in [1.82, 2.24) is 0 Å². The summed E-state index contributed by atoms with van der Waals surface area (Å²) in [6.45, 7) is -0.884. The Morgan fingerprint density at radius 2 is 1.84 bits per heavy atom. The molecule has 0 heterocycles. The van der Waals surface area contributed by atoms with Crippen molar-refractivity contribution in [1.29, 1.82) is 0 Å². The molecule has 1 unspecified atom stereocenters. The lowest BCUT2D eigenvalue weighted by atomic mass is 10.3. The van der Waals surface area contributed by atoms with E-state index in [1.54, 1.807) is 0 Å². The fourth-order valence-electron chi connectivity index (χ4n) is 1.04. The van der Waals surface area contributed by atoms with E-state index in [2.05, 4.69) is 13.4 Å². The van der Waals surface area contributed by atoms with Gasteiger partial charge in [-0.2, -0.15) is 8.42 Å². The molecule has 0 radical (unpaired) electrons. The number of hydrogen-bond donors (Lipinski definition) is 0. The first-order valence-electron chi connectivity index (χ1n) is 4.49. The van der Waals surface area contributed by atoms with E-state index in [1.165, 1.54) is 6.07 Å². The second-order valence-corrected chi connectivity index (χ2v) is 4.95. The van der Waals surface area contributed by atoms with Crippen molar-refractivity contribution < 1.29 is 39.6 Å². The third kappa shape index (κ3) is 5.11. The predicted molar refractivity (Wildman–Crippen MR) is 56.3 cm³/mol. The van der Waals surface area contributed by atoms with Crippen LogP contribution in [0.5, 0.6) is 5.75 Å². The van der Waals surface area contributed by atoms with Gasteiger partial charge < -0.3 is 4.74 Å². The Morgan fingerprint density at radius 3 is 2.42 bits per heavy atom. The van der Waals surface area contributed by atoms with Gasteiger partial charge in [-0.1, -0.05) is 12.1 Å². The van der Waals surface area contributed by atoms with Crippen molar-refractivity contribution in [3.05, 3.63) is 24.3 Å². The first-order chi connectivity index (χ1) is 8.76. The van der Waals surface area contributed by atoms with Crippen LogP contribution in [0, 0.1) is 0 Å². The van der Waals surface area contributed by atoms with Crippen LogP contribution in [-0.4, -0.2) is 21.6 Å². The lowest BCUT2D eigenvalue weighted by Gasteiger charge is -2.12. The minimum Gasteiger partial charge on any atom is -0.404 e. The van der Waals surface area contributed by atoms with E-state index in [4.69, 9.17) is 0 Å². The summed E-state index contributed by atoms with van der Waals surface area (Å²) >= 11 is 0. The molecule has 0 spiro atoms. The largest absolute Gasteiger partial charge is 0.573 e. The van der Waals surface area contributed by atoms with E-state index in [-0.39, 0.29) is 0 Å². The number of rotatable bonds is 6. The van der Waals surface area contributed by atoms with Crippen LogP contribution in [-0.2, 0) is 23.4 Å². The maximum absolute atomic E-state index is 12.1. The maximum Gasteiger partial charge on any atom is 0.573 e. The Hall–Kier alpha value is -1.22. The maximum atomic E-state index is 12.1. The number of ether oxygens (including phenoxy) is 1. The van der Waals surface area contributed by atoms with E-state index in [0.29, 0.717) is 0 Å². The summed E-state index contributed by atoms with van der Waals surface area (Å²) in [5.41, 5.74) is 0. The smallest absolute Gasteiger partial charge is 0.404 e. The van der Waals surface area contributed by atoms with E-state index >= 15 is 0 Å². The molecule has 0 aliphatic rings. The lowest BCUT2D eigenvalue weighted by Crippen LogP contribution is -2.19. The van der Waals surface area contributed by atoms with E-state index in [1.807, 2.05) is 0 Å². The second kappa shape index (κ2) is 6.29. The molecule has 0 saturated carbocycles. The molecule has 0 aliphatic carbocycles. The Bertz CT molecular complexity index is 544. The molecule has 0 fully saturated rings. The van der Waals surface area contributed by atoms with E-state index in [9.17, 15) is 26.2 Å². The minimum atomic E-state index is -5.04. The summed E-state index contributed by atoms with van der Waals surface area (Å²) in [6, 6.07) is 4.04.